The highest BCUT2D eigenvalue weighted by Gasteiger charge is 2.09. The van der Waals surface area contributed by atoms with E-state index in [0.29, 0.717) is 12.6 Å². The molecule has 0 aliphatic rings. The van der Waals surface area contributed by atoms with E-state index in [9.17, 15) is 0 Å². The summed E-state index contributed by atoms with van der Waals surface area (Å²) >= 11 is 0. The number of rotatable bonds is 11. The highest BCUT2D eigenvalue weighted by molar-refractivity contribution is 5.79. The predicted molar refractivity (Wildman–Crippen MR) is 129 cm³/mol. The Morgan fingerprint density at radius 3 is 2.35 bits per heavy atom. The Morgan fingerprint density at radius 2 is 1.71 bits per heavy atom. The summed E-state index contributed by atoms with van der Waals surface area (Å²) in [5.74, 6) is 2.33. The van der Waals surface area contributed by atoms with Crippen LogP contribution in [0.1, 0.15) is 37.5 Å². The third-order valence-electron chi connectivity index (χ3n) is 5.33. The van der Waals surface area contributed by atoms with E-state index in [1.165, 1.54) is 16.7 Å². The molecule has 0 amide bonds. The lowest BCUT2D eigenvalue weighted by atomic mass is 10.1. The van der Waals surface area contributed by atoms with Gasteiger partial charge in [-0.2, -0.15) is 0 Å². The second-order valence-corrected chi connectivity index (χ2v) is 7.84. The van der Waals surface area contributed by atoms with Crippen molar-refractivity contribution in [3.05, 3.63) is 59.2 Å². The standard InChI is InChI=1S/C25H38N4O2/c1-7-26-25(27-15-14-20-12-13-23(30-5)24(16-20)31-6)28-17-21-10-8-9-11-22(21)18-29(4)19(2)3/h8-13,16,19H,7,14-15,17-18H2,1-6H3,(H2,26,27,28). The molecule has 0 atom stereocenters. The van der Waals surface area contributed by atoms with Crippen molar-refractivity contribution in [3.8, 4) is 11.5 Å². The number of hydrogen-bond donors (Lipinski definition) is 2. The predicted octanol–water partition coefficient (Wildman–Crippen LogP) is 3.84. The molecular formula is C25H38N4O2. The minimum Gasteiger partial charge on any atom is -0.493 e. The monoisotopic (exact) mass is 426 g/mol. The van der Waals surface area contributed by atoms with Gasteiger partial charge in [0.2, 0.25) is 0 Å². The molecule has 0 aliphatic carbocycles. The number of hydrogen-bond acceptors (Lipinski definition) is 4. The molecule has 31 heavy (non-hydrogen) atoms. The molecule has 0 aromatic heterocycles. The lowest BCUT2D eigenvalue weighted by Gasteiger charge is -2.22. The molecule has 0 heterocycles. The molecule has 6 heteroatoms. The molecule has 170 valence electrons. The first kappa shape index (κ1) is 24.5. The summed E-state index contributed by atoms with van der Waals surface area (Å²) in [6.07, 6.45) is 0.862. The van der Waals surface area contributed by atoms with E-state index in [4.69, 9.17) is 14.5 Å². The normalized spacial score (nSPS) is 11.7. The Morgan fingerprint density at radius 1 is 1.00 bits per heavy atom. The van der Waals surface area contributed by atoms with Crippen LogP contribution in [0.25, 0.3) is 0 Å². The Kier molecular flexibility index (Phi) is 10.2. The molecule has 0 fully saturated rings. The van der Waals surface area contributed by atoms with Crippen molar-refractivity contribution < 1.29 is 9.47 Å². The van der Waals surface area contributed by atoms with Crippen molar-refractivity contribution in [1.29, 1.82) is 0 Å². The lowest BCUT2D eigenvalue weighted by molar-refractivity contribution is 0.265. The zero-order chi connectivity index (χ0) is 22.6. The zero-order valence-electron chi connectivity index (χ0n) is 19.9. The van der Waals surface area contributed by atoms with Crippen molar-refractivity contribution in [2.45, 2.75) is 46.3 Å². The summed E-state index contributed by atoms with van der Waals surface area (Å²) in [7, 11) is 5.47. The van der Waals surface area contributed by atoms with Gasteiger partial charge in [-0.1, -0.05) is 30.3 Å². The van der Waals surface area contributed by atoms with Gasteiger partial charge in [0, 0.05) is 25.7 Å². The Bertz CT molecular complexity index is 836. The minimum atomic E-state index is 0.507. The van der Waals surface area contributed by atoms with Gasteiger partial charge in [-0.15, -0.1) is 0 Å². The molecule has 0 saturated heterocycles. The Labute approximate surface area is 187 Å². The maximum atomic E-state index is 5.40. The van der Waals surface area contributed by atoms with E-state index in [-0.39, 0.29) is 0 Å². The van der Waals surface area contributed by atoms with E-state index in [1.807, 2.05) is 12.1 Å². The summed E-state index contributed by atoms with van der Waals surface area (Å²) in [5.41, 5.74) is 3.76. The van der Waals surface area contributed by atoms with E-state index in [0.717, 1.165) is 43.5 Å². The van der Waals surface area contributed by atoms with Crippen LogP contribution in [-0.4, -0.2) is 51.3 Å². The average Bonchev–Trinajstić information content (AvgIpc) is 2.78. The van der Waals surface area contributed by atoms with Gasteiger partial charge in [0.15, 0.2) is 17.5 Å². The molecule has 2 N–H and O–H groups in total. The molecule has 0 aliphatic heterocycles. The summed E-state index contributed by atoms with van der Waals surface area (Å²) in [4.78, 5) is 7.16. The zero-order valence-corrected chi connectivity index (χ0v) is 19.9. The van der Waals surface area contributed by atoms with Crippen LogP contribution < -0.4 is 20.1 Å². The van der Waals surface area contributed by atoms with Crippen LogP contribution in [0.4, 0.5) is 0 Å². The van der Waals surface area contributed by atoms with Crippen LogP contribution in [0.3, 0.4) is 0 Å². The smallest absolute Gasteiger partial charge is 0.191 e. The van der Waals surface area contributed by atoms with Gasteiger partial charge in [0.1, 0.15) is 0 Å². The largest absolute Gasteiger partial charge is 0.493 e. The molecular weight excluding hydrogens is 388 g/mol. The van der Waals surface area contributed by atoms with E-state index in [1.54, 1.807) is 14.2 Å². The number of aliphatic imine (C=N–C) groups is 1. The first-order valence-corrected chi connectivity index (χ1v) is 11.0. The number of methoxy groups -OCH3 is 2. The quantitative estimate of drug-likeness (QED) is 0.422. The summed E-state index contributed by atoms with van der Waals surface area (Å²) in [6, 6.07) is 15.1. The Balaban J connectivity index is 2.00. The number of guanidine groups is 1. The van der Waals surface area contributed by atoms with Crippen molar-refractivity contribution in [2.24, 2.45) is 4.99 Å². The van der Waals surface area contributed by atoms with Crippen molar-refractivity contribution in [3.63, 3.8) is 0 Å². The molecule has 0 bridgehead atoms. The van der Waals surface area contributed by atoms with E-state index < -0.39 is 0 Å². The SMILES string of the molecule is CCNC(=NCc1ccccc1CN(C)C(C)C)NCCc1ccc(OC)c(OC)c1. The third-order valence-corrected chi connectivity index (χ3v) is 5.33. The van der Waals surface area contributed by atoms with Crippen LogP contribution in [0.5, 0.6) is 11.5 Å². The van der Waals surface area contributed by atoms with Gasteiger partial charge in [0.05, 0.1) is 20.8 Å². The molecule has 6 nitrogen and oxygen atoms in total. The maximum Gasteiger partial charge on any atom is 0.191 e. The van der Waals surface area contributed by atoms with Gasteiger partial charge < -0.3 is 20.1 Å². The Hall–Kier alpha value is -2.73. The van der Waals surface area contributed by atoms with E-state index in [2.05, 4.69) is 73.7 Å². The van der Waals surface area contributed by atoms with Crippen molar-refractivity contribution in [2.75, 3.05) is 34.4 Å². The van der Waals surface area contributed by atoms with Gasteiger partial charge >= 0.3 is 0 Å². The summed E-state index contributed by atoms with van der Waals surface area (Å²) in [6.45, 7) is 9.68. The first-order chi connectivity index (χ1) is 15.0. The molecule has 0 unspecified atom stereocenters. The van der Waals surface area contributed by atoms with Crippen LogP contribution in [0, 0.1) is 0 Å². The van der Waals surface area contributed by atoms with Crippen molar-refractivity contribution in [1.82, 2.24) is 15.5 Å². The number of nitrogens with one attached hydrogen (secondary N) is 2. The molecule has 0 spiro atoms. The first-order valence-electron chi connectivity index (χ1n) is 11.0. The maximum absolute atomic E-state index is 5.40. The number of nitrogens with zero attached hydrogens (tertiary/aromatic N) is 2. The highest BCUT2D eigenvalue weighted by atomic mass is 16.5. The van der Waals surface area contributed by atoms with Crippen LogP contribution in [0.2, 0.25) is 0 Å². The van der Waals surface area contributed by atoms with Gasteiger partial charge in [-0.05, 0) is 63.1 Å². The summed E-state index contributed by atoms with van der Waals surface area (Å²) < 4.78 is 10.7. The van der Waals surface area contributed by atoms with Crippen LogP contribution in [-0.2, 0) is 19.5 Å². The molecule has 2 rings (SSSR count). The van der Waals surface area contributed by atoms with Crippen LogP contribution >= 0.6 is 0 Å². The van der Waals surface area contributed by atoms with Gasteiger partial charge in [-0.3, -0.25) is 4.90 Å². The second kappa shape index (κ2) is 12.8. The van der Waals surface area contributed by atoms with E-state index >= 15 is 0 Å². The van der Waals surface area contributed by atoms with Gasteiger partial charge in [-0.25, -0.2) is 4.99 Å². The van der Waals surface area contributed by atoms with Gasteiger partial charge in [0.25, 0.3) is 0 Å². The molecule has 0 radical (unpaired) electrons. The fraction of sp³-hybridized carbons (Fsp3) is 0.480. The fourth-order valence-corrected chi connectivity index (χ4v) is 3.18. The topological polar surface area (TPSA) is 58.1 Å². The fourth-order valence-electron chi connectivity index (χ4n) is 3.18. The summed E-state index contributed by atoms with van der Waals surface area (Å²) in [5, 5.41) is 6.78. The molecule has 2 aromatic carbocycles. The number of ether oxygens (including phenoxy) is 2. The third kappa shape index (κ3) is 7.79. The molecule has 0 saturated carbocycles. The lowest BCUT2D eigenvalue weighted by Crippen LogP contribution is -2.38. The second-order valence-electron chi connectivity index (χ2n) is 7.84. The van der Waals surface area contributed by atoms with Crippen LogP contribution in [0.15, 0.2) is 47.5 Å². The highest BCUT2D eigenvalue weighted by Crippen LogP contribution is 2.27. The number of benzene rings is 2. The molecule has 2 aromatic rings. The minimum absolute atomic E-state index is 0.507. The van der Waals surface area contributed by atoms with Crippen molar-refractivity contribution >= 4 is 5.96 Å². The average molecular weight is 427 g/mol.